The molecule has 0 amide bonds. The van der Waals surface area contributed by atoms with Crippen LogP contribution in [-0.4, -0.2) is 18.5 Å². The van der Waals surface area contributed by atoms with Gasteiger partial charge < -0.3 is 24.0 Å². The summed E-state index contributed by atoms with van der Waals surface area (Å²) in [4.78, 5) is 0. The van der Waals surface area contributed by atoms with Gasteiger partial charge in [-0.15, -0.1) is 0 Å². The van der Waals surface area contributed by atoms with Crippen molar-refractivity contribution in [1.82, 2.24) is 0 Å². The summed E-state index contributed by atoms with van der Waals surface area (Å²) < 4.78 is 0. The second-order valence-corrected chi connectivity index (χ2v) is 8.80. The minimum Gasteiger partial charge on any atom is -1.00 e. The molecule has 0 saturated carbocycles. The van der Waals surface area contributed by atoms with E-state index in [9.17, 15) is 0 Å². The van der Waals surface area contributed by atoms with Gasteiger partial charge in [0.05, 0.1) is 23.8 Å². The van der Waals surface area contributed by atoms with Gasteiger partial charge >= 0.3 is 0 Å². The van der Waals surface area contributed by atoms with Gasteiger partial charge in [-0.3, -0.25) is 0 Å². The van der Waals surface area contributed by atoms with Gasteiger partial charge in [-0.25, -0.2) is 0 Å². The lowest BCUT2D eigenvalue weighted by molar-refractivity contribution is -0.00000356. The van der Waals surface area contributed by atoms with Gasteiger partial charge in [0.2, 0.25) is 0 Å². The van der Waals surface area contributed by atoms with E-state index in [0.717, 1.165) is 0 Å². The molecule has 1 aromatic rings. The summed E-state index contributed by atoms with van der Waals surface area (Å²) in [5, 5.41) is 1.67. The zero-order chi connectivity index (χ0) is 11.9. The summed E-state index contributed by atoms with van der Waals surface area (Å²) in [7, 11) is -0.849. The van der Waals surface area contributed by atoms with Crippen LogP contribution < -0.4 is 29.3 Å². The highest BCUT2D eigenvalue weighted by Crippen LogP contribution is 2.58. The second-order valence-electron chi connectivity index (χ2n) is 4.65. The van der Waals surface area contributed by atoms with Crippen molar-refractivity contribution in [1.29, 1.82) is 0 Å². The molecule has 0 aromatic heterocycles. The minimum absolute atomic E-state index is 0. The van der Waals surface area contributed by atoms with Crippen LogP contribution >= 0.6 is 7.26 Å². The lowest BCUT2D eigenvalue weighted by Gasteiger charge is -2.26. The van der Waals surface area contributed by atoms with Crippen LogP contribution in [0.5, 0.6) is 0 Å². The van der Waals surface area contributed by atoms with Crippen LogP contribution in [0.15, 0.2) is 30.3 Å². The Labute approximate surface area is 125 Å². The lowest BCUT2D eigenvalue weighted by atomic mass is 10.4. The number of halogens is 1. The summed E-state index contributed by atoms with van der Waals surface area (Å²) in [5.74, 6) is 0. The Bertz CT molecular complexity index is 267. The SMILES string of the molecule is CCC[P+](CCC)(CCC)c1ccccc1.[I-]. The highest BCUT2D eigenvalue weighted by Gasteiger charge is 2.36. The second kappa shape index (κ2) is 9.33. The van der Waals surface area contributed by atoms with Gasteiger partial charge in [0.15, 0.2) is 0 Å². The third-order valence-electron chi connectivity index (χ3n) is 3.26. The number of hydrogen-bond acceptors (Lipinski definition) is 0. The average Bonchev–Trinajstić information content (AvgIpc) is 2.31. The first-order valence-electron chi connectivity index (χ1n) is 6.70. The summed E-state index contributed by atoms with van der Waals surface area (Å²) in [6.45, 7) is 7.01. The molecule has 0 nitrogen and oxygen atoms in total. The molecule has 0 atom stereocenters. The Hall–Kier alpha value is 0.380. The zero-order valence-corrected chi connectivity index (χ0v) is 14.5. The van der Waals surface area contributed by atoms with E-state index in [-0.39, 0.29) is 24.0 Å². The normalized spacial score (nSPS) is 11.0. The zero-order valence-electron chi connectivity index (χ0n) is 11.5. The van der Waals surface area contributed by atoms with E-state index in [0.29, 0.717) is 0 Å². The van der Waals surface area contributed by atoms with Crippen molar-refractivity contribution in [2.24, 2.45) is 0 Å². The maximum absolute atomic E-state index is 2.37. The van der Waals surface area contributed by atoms with Crippen molar-refractivity contribution in [3.05, 3.63) is 30.3 Å². The molecule has 0 aliphatic rings. The Kier molecular flexibility index (Phi) is 9.54. The summed E-state index contributed by atoms with van der Waals surface area (Å²) in [6, 6.07) is 11.3. The van der Waals surface area contributed by atoms with Crippen molar-refractivity contribution in [3.63, 3.8) is 0 Å². The molecule has 0 aliphatic heterocycles. The van der Waals surface area contributed by atoms with Gasteiger partial charge in [0.25, 0.3) is 0 Å². The summed E-state index contributed by atoms with van der Waals surface area (Å²) in [6.07, 6.45) is 8.34. The van der Waals surface area contributed by atoms with Crippen LogP contribution in [0.3, 0.4) is 0 Å². The molecule has 0 N–H and O–H groups in total. The fourth-order valence-corrected chi connectivity index (χ4v) is 7.57. The van der Waals surface area contributed by atoms with Crippen molar-refractivity contribution in [3.8, 4) is 0 Å². The standard InChI is InChI=1S/C15H26P.HI/c1-4-12-16(13-5-2,14-6-3)15-10-8-7-9-11-15;/h7-11H,4-6,12-14H2,1-3H3;1H/q+1;/p-1. The topological polar surface area (TPSA) is 0 Å². The molecule has 0 fully saturated rings. The van der Waals surface area contributed by atoms with E-state index < -0.39 is 7.26 Å². The van der Waals surface area contributed by atoms with Crippen LogP contribution in [0.2, 0.25) is 0 Å². The molecule has 17 heavy (non-hydrogen) atoms. The molecule has 0 heterocycles. The third kappa shape index (κ3) is 4.87. The van der Waals surface area contributed by atoms with Crippen LogP contribution in [-0.2, 0) is 0 Å². The molecule has 0 spiro atoms. The quantitative estimate of drug-likeness (QED) is 0.509. The Morgan fingerprint density at radius 3 is 1.53 bits per heavy atom. The van der Waals surface area contributed by atoms with E-state index in [1.165, 1.54) is 37.7 Å². The Morgan fingerprint density at radius 2 is 1.18 bits per heavy atom. The monoisotopic (exact) mass is 364 g/mol. The van der Waals surface area contributed by atoms with E-state index in [1.54, 1.807) is 5.30 Å². The fourth-order valence-electron chi connectivity index (χ4n) is 2.75. The third-order valence-corrected chi connectivity index (χ3v) is 8.56. The van der Waals surface area contributed by atoms with Crippen LogP contribution in [0.4, 0.5) is 0 Å². The van der Waals surface area contributed by atoms with E-state index in [2.05, 4.69) is 51.1 Å². The van der Waals surface area contributed by atoms with Gasteiger partial charge in [-0.1, -0.05) is 39.0 Å². The van der Waals surface area contributed by atoms with Gasteiger partial charge in [0, 0.05) is 7.26 Å². The number of benzene rings is 1. The Morgan fingerprint density at radius 1 is 0.765 bits per heavy atom. The van der Waals surface area contributed by atoms with Crippen molar-refractivity contribution < 1.29 is 24.0 Å². The molecular formula is C15H26IP. The first-order valence-corrected chi connectivity index (χ1v) is 9.05. The number of hydrogen-bond donors (Lipinski definition) is 0. The first-order chi connectivity index (χ1) is 7.79. The number of rotatable bonds is 7. The first kappa shape index (κ1) is 17.4. The van der Waals surface area contributed by atoms with Gasteiger partial charge in [-0.2, -0.15) is 0 Å². The molecule has 0 bridgehead atoms. The highest BCUT2D eigenvalue weighted by atomic mass is 127. The fraction of sp³-hybridized carbons (Fsp3) is 0.600. The highest BCUT2D eigenvalue weighted by molar-refractivity contribution is 7.82. The summed E-state index contributed by atoms with van der Waals surface area (Å²) in [5.41, 5.74) is 0. The van der Waals surface area contributed by atoms with E-state index >= 15 is 0 Å². The molecular weight excluding hydrogens is 338 g/mol. The lowest BCUT2D eigenvalue weighted by Crippen LogP contribution is -3.00. The largest absolute Gasteiger partial charge is 1.00 e. The maximum Gasteiger partial charge on any atom is 0.0939 e. The molecule has 1 aromatic carbocycles. The van der Waals surface area contributed by atoms with Crippen molar-refractivity contribution >= 4 is 12.6 Å². The minimum atomic E-state index is -0.849. The molecule has 1 rings (SSSR count). The van der Waals surface area contributed by atoms with Crippen molar-refractivity contribution in [2.75, 3.05) is 18.5 Å². The Balaban J connectivity index is 0.00000256. The van der Waals surface area contributed by atoms with Crippen molar-refractivity contribution in [2.45, 2.75) is 40.0 Å². The smallest absolute Gasteiger partial charge is 0.0939 e. The maximum atomic E-state index is 2.37. The average molecular weight is 364 g/mol. The van der Waals surface area contributed by atoms with Gasteiger partial charge in [0.1, 0.15) is 0 Å². The van der Waals surface area contributed by atoms with Crippen LogP contribution in [0.1, 0.15) is 40.0 Å². The summed E-state index contributed by atoms with van der Waals surface area (Å²) >= 11 is 0. The molecule has 0 unspecified atom stereocenters. The predicted octanol–water partition coefficient (Wildman–Crippen LogP) is 1.56. The van der Waals surface area contributed by atoms with E-state index in [1.807, 2.05) is 0 Å². The molecule has 0 aliphatic carbocycles. The van der Waals surface area contributed by atoms with E-state index in [4.69, 9.17) is 0 Å². The molecule has 2 heteroatoms. The molecule has 98 valence electrons. The molecule has 0 saturated heterocycles. The molecule has 0 radical (unpaired) electrons. The van der Waals surface area contributed by atoms with Crippen LogP contribution in [0, 0.1) is 0 Å². The van der Waals surface area contributed by atoms with Crippen LogP contribution in [0.25, 0.3) is 0 Å². The van der Waals surface area contributed by atoms with Gasteiger partial charge in [-0.05, 0) is 31.4 Å². The predicted molar refractivity (Wildman–Crippen MR) is 78.5 cm³/mol.